The summed E-state index contributed by atoms with van der Waals surface area (Å²) in [5.41, 5.74) is -0.00929. The number of benzene rings is 1. The van der Waals surface area contributed by atoms with Gasteiger partial charge in [-0.1, -0.05) is 11.6 Å². The van der Waals surface area contributed by atoms with Crippen LogP contribution in [0.25, 0.3) is 0 Å². The highest BCUT2D eigenvalue weighted by Crippen LogP contribution is 2.22. The molecule has 1 atom stereocenters. The van der Waals surface area contributed by atoms with Gasteiger partial charge in [-0.25, -0.2) is 8.78 Å². The molecule has 1 aromatic carbocycles. The van der Waals surface area contributed by atoms with Crippen molar-refractivity contribution >= 4 is 17.5 Å². The number of nitrogens with one attached hydrogen (secondary N) is 1. The zero-order valence-corrected chi connectivity index (χ0v) is 10.6. The Morgan fingerprint density at radius 1 is 1.44 bits per heavy atom. The number of amides is 1. The molecule has 0 saturated carbocycles. The largest absolute Gasteiger partial charge is 0.337 e. The predicted molar refractivity (Wildman–Crippen MR) is 64.7 cm³/mol. The molecule has 1 saturated heterocycles. The van der Waals surface area contributed by atoms with Crippen LogP contribution in [0, 0.1) is 11.6 Å². The third-order valence-corrected chi connectivity index (χ3v) is 3.46. The van der Waals surface area contributed by atoms with Crippen LogP contribution in [-0.2, 0) is 0 Å². The number of rotatable bonds is 2. The molecule has 0 bridgehead atoms. The van der Waals surface area contributed by atoms with Gasteiger partial charge < -0.3 is 10.2 Å². The maximum Gasteiger partial charge on any atom is 0.255 e. The Kier molecular flexibility index (Phi) is 3.82. The van der Waals surface area contributed by atoms with E-state index < -0.39 is 17.5 Å². The standard InChI is InChI=1S/C12H13ClF2N2O/c1-17(7-2-3-16-6-7)12(18)8-4-10(14)11(15)5-9(8)13/h4-5,7,16H,2-3,6H2,1H3/t7-/m0/s1. The fraction of sp³-hybridized carbons (Fsp3) is 0.417. The second kappa shape index (κ2) is 5.20. The molecule has 3 nitrogen and oxygen atoms in total. The Labute approximate surface area is 109 Å². The second-order valence-electron chi connectivity index (χ2n) is 4.31. The van der Waals surface area contributed by atoms with E-state index in [2.05, 4.69) is 5.32 Å². The highest BCUT2D eigenvalue weighted by atomic mass is 35.5. The molecule has 0 unspecified atom stereocenters. The van der Waals surface area contributed by atoms with Crippen molar-refractivity contribution in [2.45, 2.75) is 12.5 Å². The fourth-order valence-electron chi connectivity index (χ4n) is 2.01. The summed E-state index contributed by atoms with van der Waals surface area (Å²) in [7, 11) is 1.64. The molecule has 1 amide bonds. The molecule has 0 spiro atoms. The lowest BCUT2D eigenvalue weighted by Gasteiger charge is -2.24. The molecular weight excluding hydrogens is 262 g/mol. The Balaban J connectivity index is 2.25. The first-order valence-corrected chi connectivity index (χ1v) is 6.01. The molecule has 1 heterocycles. The lowest BCUT2D eigenvalue weighted by Crippen LogP contribution is -2.38. The van der Waals surface area contributed by atoms with Gasteiger partial charge in [0.05, 0.1) is 10.6 Å². The number of carbonyl (C=O) groups is 1. The van der Waals surface area contributed by atoms with E-state index in [1.54, 1.807) is 7.05 Å². The van der Waals surface area contributed by atoms with Crippen molar-refractivity contribution < 1.29 is 13.6 Å². The SMILES string of the molecule is CN(C(=O)c1cc(F)c(F)cc1Cl)[C@H]1CCNC1. The lowest BCUT2D eigenvalue weighted by molar-refractivity contribution is 0.0743. The maximum atomic E-state index is 13.1. The zero-order valence-electron chi connectivity index (χ0n) is 9.84. The highest BCUT2D eigenvalue weighted by Gasteiger charge is 2.26. The van der Waals surface area contributed by atoms with Gasteiger partial charge in [-0.2, -0.15) is 0 Å². The predicted octanol–water partition coefficient (Wildman–Crippen LogP) is 2.05. The van der Waals surface area contributed by atoms with E-state index in [1.165, 1.54) is 4.90 Å². The summed E-state index contributed by atoms with van der Waals surface area (Å²) in [4.78, 5) is 13.7. The third-order valence-electron chi connectivity index (χ3n) is 3.14. The van der Waals surface area contributed by atoms with Gasteiger partial charge in [-0.05, 0) is 25.1 Å². The molecule has 98 valence electrons. The van der Waals surface area contributed by atoms with Crippen molar-refractivity contribution in [3.63, 3.8) is 0 Å². The monoisotopic (exact) mass is 274 g/mol. The van der Waals surface area contributed by atoms with Gasteiger partial charge in [-0.15, -0.1) is 0 Å². The molecule has 2 rings (SSSR count). The second-order valence-corrected chi connectivity index (χ2v) is 4.72. The Morgan fingerprint density at radius 3 is 2.72 bits per heavy atom. The van der Waals surface area contributed by atoms with Crippen LogP contribution in [0.15, 0.2) is 12.1 Å². The zero-order chi connectivity index (χ0) is 13.3. The number of hydrogen-bond donors (Lipinski definition) is 1. The molecule has 6 heteroatoms. The van der Waals surface area contributed by atoms with Gasteiger partial charge in [0.1, 0.15) is 0 Å². The summed E-state index contributed by atoms with van der Waals surface area (Å²) in [6.45, 7) is 1.54. The molecule has 1 N–H and O–H groups in total. The van der Waals surface area contributed by atoms with Gasteiger partial charge in [0.25, 0.3) is 5.91 Å². The van der Waals surface area contributed by atoms with Gasteiger partial charge in [0, 0.05) is 19.6 Å². The van der Waals surface area contributed by atoms with Crippen molar-refractivity contribution in [3.05, 3.63) is 34.4 Å². The number of hydrogen-bond acceptors (Lipinski definition) is 2. The summed E-state index contributed by atoms with van der Waals surface area (Å²) in [5, 5.41) is 3.06. The summed E-state index contributed by atoms with van der Waals surface area (Å²) in [6.07, 6.45) is 0.837. The van der Waals surface area contributed by atoms with Crippen LogP contribution < -0.4 is 5.32 Å². The van der Waals surface area contributed by atoms with Crippen molar-refractivity contribution in [2.24, 2.45) is 0 Å². The van der Waals surface area contributed by atoms with Crippen LogP contribution in [0.5, 0.6) is 0 Å². The van der Waals surface area contributed by atoms with E-state index in [9.17, 15) is 13.6 Å². The van der Waals surface area contributed by atoms with Crippen molar-refractivity contribution in [1.29, 1.82) is 0 Å². The van der Waals surface area contributed by atoms with E-state index in [-0.39, 0.29) is 16.6 Å². The quantitative estimate of drug-likeness (QED) is 0.837. The minimum absolute atomic E-state index is 0.00929. The van der Waals surface area contributed by atoms with E-state index >= 15 is 0 Å². The van der Waals surface area contributed by atoms with Crippen molar-refractivity contribution in [3.8, 4) is 0 Å². The fourth-order valence-corrected chi connectivity index (χ4v) is 2.24. The third kappa shape index (κ3) is 2.47. The van der Waals surface area contributed by atoms with Crippen molar-refractivity contribution in [2.75, 3.05) is 20.1 Å². The van der Waals surface area contributed by atoms with Crippen molar-refractivity contribution in [1.82, 2.24) is 10.2 Å². The Morgan fingerprint density at radius 2 is 2.11 bits per heavy atom. The van der Waals surface area contributed by atoms with Gasteiger partial charge in [0.15, 0.2) is 11.6 Å². The molecule has 0 aromatic heterocycles. The Hall–Kier alpha value is -1.20. The molecule has 1 fully saturated rings. The normalized spacial score (nSPS) is 19.0. The summed E-state index contributed by atoms with van der Waals surface area (Å²) >= 11 is 5.78. The summed E-state index contributed by atoms with van der Waals surface area (Å²) in [5.74, 6) is -2.52. The number of halogens is 3. The first-order valence-electron chi connectivity index (χ1n) is 5.63. The first-order chi connectivity index (χ1) is 8.50. The lowest BCUT2D eigenvalue weighted by atomic mass is 10.1. The summed E-state index contributed by atoms with van der Waals surface area (Å²) in [6, 6.07) is 1.73. The van der Waals surface area contributed by atoms with Crippen LogP contribution >= 0.6 is 11.6 Å². The van der Waals surface area contributed by atoms with Crippen LogP contribution in [0.2, 0.25) is 5.02 Å². The molecular formula is C12H13ClF2N2O. The molecule has 18 heavy (non-hydrogen) atoms. The van der Waals surface area contributed by atoms with E-state index in [0.29, 0.717) is 6.54 Å². The number of likely N-dealkylation sites (N-methyl/N-ethyl adjacent to an activating group) is 1. The molecule has 0 radical (unpaired) electrons. The molecule has 1 aromatic rings. The average molecular weight is 275 g/mol. The van der Waals surface area contributed by atoms with E-state index in [1.807, 2.05) is 0 Å². The van der Waals surface area contributed by atoms with Gasteiger partial charge >= 0.3 is 0 Å². The van der Waals surface area contributed by atoms with Gasteiger partial charge in [0.2, 0.25) is 0 Å². The molecule has 0 aliphatic carbocycles. The molecule has 1 aliphatic rings. The smallest absolute Gasteiger partial charge is 0.255 e. The summed E-state index contributed by atoms with van der Waals surface area (Å²) < 4.78 is 26.1. The van der Waals surface area contributed by atoms with Crippen LogP contribution in [0.3, 0.4) is 0 Å². The number of carbonyl (C=O) groups excluding carboxylic acids is 1. The highest BCUT2D eigenvalue weighted by molar-refractivity contribution is 6.33. The van der Waals surface area contributed by atoms with E-state index in [0.717, 1.165) is 25.1 Å². The number of nitrogens with zero attached hydrogens (tertiary/aromatic N) is 1. The van der Waals surface area contributed by atoms with Crippen LogP contribution in [-0.4, -0.2) is 37.0 Å². The average Bonchev–Trinajstić information content (AvgIpc) is 2.85. The maximum absolute atomic E-state index is 13.1. The minimum Gasteiger partial charge on any atom is -0.337 e. The van der Waals surface area contributed by atoms with Gasteiger partial charge in [-0.3, -0.25) is 4.79 Å². The first kappa shape index (κ1) is 13.2. The minimum atomic E-state index is -1.07. The van der Waals surface area contributed by atoms with Crippen LogP contribution in [0.1, 0.15) is 16.8 Å². The Bertz CT molecular complexity index is 475. The topological polar surface area (TPSA) is 32.3 Å². The van der Waals surface area contributed by atoms with Crippen LogP contribution in [0.4, 0.5) is 8.78 Å². The van der Waals surface area contributed by atoms with E-state index in [4.69, 9.17) is 11.6 Å². The molecule has 1 aliphatic heterocycles.